The van der Waals surface area contributed by atoms with Crippen LogP contribution in [0.25, 0.3) is 0 Å². The maximum atomic E-state index is 3.40. The van der Waals surface area contributed by atoms with E-state index in [4.69, 9.17) is 0 Å². The molecule has 0 amide bonds. The molecule has 0 N–H and O–H groups in total. The van der Waals surface area contributed by atoms with Crippen LogP contribution in [-0.2, 0) is 105 Å². The van der Waals surface area contributed by atoms with E-state index in [1.54, 1.807) is 12.0 Å². The predicted molar refractivity (Wildman–Crippen MR) is 137 cm³/mol. The largest absolute Gasteiger partial charge is 0.177 e. The third-order valence-electron chi connectivity index (χ3n) is 8.79. The van der Waals surface area contributed by atoms with E-state index in [2.05, 4.69) is 45.9 Å². The monoisotopic (exact) mass is 690 g/mol. The van der Waals surface area contributed by atoms with Gasteiger partial charge in [0.15, 0.2) is 0 Å². The van der Waals surface area contributed by atoms with Gasteiger partial charge < -0.3 is 0 Å². The van der Waals surface area contributed by atoms with E-state index in [1.165, 1.54) is 107 Å². The summed E-state index contributed by atoms with van der Waals surface area (Å²) in [5.74, 6) is 5.15. The van der Waals surface area contributed by atoms with Gasteiger partial charge in [0, 0.05) is 98.1 Å². The van der Waals surface area contributed by atoms with Crippen molar-refractivity contribution in [3.63, 3.8) is 0 Å². The van der Waals surface area contributed by atoms with Crippen molar-refractivity contribution in [1.29, 1.82) is 0 Å². The quantitative estimate of drug-likeness (QED) is 0.270. The average molecular weight is 690 g/mol. The van der Waals surface area contributed by atoms with Gasteiger partial charge in [-0.15, -0.1) is 0 Å². The Bertz CT molecular complexity index is 601. The Morgan fingerprint density at radius 3 is 1.65 bits per heavy atom. The van der Waals surface area contributed by atoms with E-state index in [-0.39, 0.29) is 98.1 Å². The first kappa shape index (κ1) is 36.5. The van der Waals surface area contributed by atoms with Crippen molar-refractivity contribution in [3.8, 4) is 0 Å². The molecule has 0 nitrogen and oxygen atoms in total. The zero-order valence-corrected chi connectivity index (χ0v) is 31.6. The van der Waals surface area contributed by atoms with Crippen molar-refractivity contribution >= 4 is 0 Å². The Morgan fingerprint density at radius 1 is 0.647 bits per heavy atom. The summed E-state index contributed by atoms with van der Waals surface area (Å²) >= 11 is 0. The van der Waals surface area contributed by atoms with Crippen LogP contribution in [0.4, 0.5) is 0 Å². The first-order valence-corrected chi connectivity index (χ1v) is 14.0. The molecule has 0 aromatic heterocycles. The minimum atomic E-state index is 0. The molecule has 0 saturated heterocycles. The molecule has 0 bridgehead atoms. The smallest absolute Gasteiger partial charge is 0 e. The van der Waals surface area contributed by atoms with Crippen LogP contribution in [0.3, 0.4) is 0 Å². The van der Waals surface area contributed by atoms with E-state index in [0.29, 0.717) is 0 Å². The van der Waals surface area contributed by atoms with Crippen LogP contribution in [0, 0.1) is 49.5 Å². The number of benzene rings is 1. The van der Waals surface area contributed by atoms with Gasteiger partial charge in [0.1, 0.15) is 0 Å². The normalized spacial score (nSPS) is 27.2. The number of rotatable bonds is 5. The second kappa shape index (κ2) is 20.4. The summed E-state index contributed by atoms with van der Waals surface area (Å²) in [5, 5.41) is 0. The van der Waals surface area contributed by atoms with E-state index in [0.717, 1.165) is 29.6 Å². The van der Waals surface area contributed by atoms with Crippen LogP contribution in [0.1, 0.15) is 127 Å². The summed E-state index contributed by atoms with van der Waals surface area (Å²) in [5.41, 5.74) is 4.16. The van der Waals surface area contributed by atoms with Crippen LogP contribution in [0.2, 0.25) is 0 Å². The SMILES string of the molecule is CCC1CCC(C)CC1.Cc1[c-]c(C)cc(CC2CCC(CC3CCCCC3)CC2)c1.[Y].[Y].[Y]. The standard InChI is InChI=1S/C22H33.C9H18.3Y/c1-17-12-18(2)14-22(13-17)16-21-10-8-20(9-11-21)15-19-6-4-3-5-7-19;1-3-9-6-4-8(2)5-7-9;;;/h13-14,19-21H,3-11,15-16H2,1-2H3;8-9H,3-7H2,1-2H3;;;/q-1;;;;. The van der Waals surface area contributed by atoms with Crippen LogP contribution >= 0.6 is 0 Å². The fourth-order valence-corrected chi connectivity index (χ4v) is 6.74. The molecule has 3 aliphatic rings. The minimum absolute atomic E-state index is 0. The van der Waals surface area contributed by atoms with Gasteiger partial charge in [0.2, 0.25) is 0 Å². The van der Waals surface area contributed by atoms with Gasteiger partial charge in [-0.05, 0) is 55.3 Å². The van der Waals surface area contributed by atoms with Crippen molar-refractivity contribution in [2.24, 2.45) is 29.6 Å². The molecule has 0 unspecified atom stereocenters. The van der Waals surface area contributed by atoms with E-state index < -0.39 is 0 Å². The Labute approximate surface area is 289 Å². The summed E-state index contributed by atoms with van der Waals surface area (Å²) in [6, 6.07) is 8.10. The zero-order valence-electron chi connectivity index (χ0n) is 23.1. The third kappa shape index (κ3) is 14.1. The molecule has 0 atom stereocenters. The molecular weight excluding hydrogens is 639 g/mol. The van der Waals surface area contributed by atoms with Crippen LogP contribution in [0.5, 0.6) is 0 Å². The van der Waals surface area contributed by atoms with Crippen LogP contribution < -0.4 is 0 Å². The van der Waals surface area contributed by atoms with Gasteiger partial charge in [0.05, 0.1) is 0 Å². The molecule has 0 spiro atoms. The van der Waals surface area contributed by atoms with Crippen molar-refractivity contribution in [3.05, 3.63) is 34.9 Å². The van der Waals surface area contributed by atoms with Gasteiger partial charge in [0.25, 0.3) is 0 Å². The summed E-state index contributed by atoms with van der Waals surface area (Å²) < 4.78 is 0. The number of hydrogen-bond acceptors (Lipinski definition) is 0. The maximum absolute atomic E-state index is 3.40. The molecular formula is C31H51Y3-. The van der Waals surface area contributed by atoms with Gasteiger partial charge >= 0.3 is 0 Å². The summed E-state index contributed by atoms with van der Waals surface area (Å²) in [6.07, 6.45) is 23.7. The average Bonchev–Trinajstić information content (AvgIpc) is 2.76. The fraction of sp³-hybridized carbons (Fsp3) is 0.806. The van der Waals surface area contributed by atoms with E-state index in [9.17, 15) is 0 Å². The Balaban J connectivity index is 0.000000779. The molecule has 1 aromatic rings. The van der Waals surface area contributed by atoms with Gasteiger partial charge in [-0.2, -0.15) is 34.9 Å². The molecule has 1 aromatic carbocycles. The first-order valence-electron chi connectivity index (χ1n) is 14.0. The second-order valence-electron chi connectivity index (χ2n) is 11.7. The van der Waals surface area contributed by atoms with Crippen molar-refractivity contribution in [2.75, 3.05) is 0 Å². The molecule has 185 valence electrons. The third-order valence-corrected chi connectivity index (χ3v) is 8.79. The fourth-order valence-electron chi connectivity index (χ4n) is 6.74. The second-order valence-corrected chi connectivity index (χ2v) is 11.7. The molecule has 34 heavy (non-hydrogen) atoms. The van der Waals surface area contributed by atoms with Crippen molar-refractivity contribution < 1.29 is 98.1 Å². The first-order chi connectivity index (χ1) is 15.0. The number of aryl methyl sites for hydroxylation is 2. The molecule has 3 heteroatoms. The van der Waals surface area contributed by atoms with Gasteiger partial charge in [-0.1, -0.05) is 105 Å². The summed E-state index contributed by atoms with van der Waals surface area (Å²) in [4.78, 5) is 0. The summed E-state index contributed by atoms with van der Waals surface area (Å²) in [7, 11) is 0. The predicted octanol–water partition coefficient (Wildman–Crippen LogP) is 9.64. The zero-order chi connectivity index (χ0) is 22.1. The Morgan fingerprint density at radius 2 is 1.12 bits per heavy atom. The van der Waals surface area contributed by atoms with Crippen molar-refractivity contribution in [1.82, 2.24) is 0 Å². The minimum Gasteiger partial charge on any atom is -0.177 e. The molecule has 3 radical (unpaired) electrons. The van der Waals surface area contributed by atoms with E-state index in [1.807, 2.05) is 0 Å². The van der Waals surface area contributed by atoms with Gasteiger partial charge in [-0.25, -0.2) is 0 Å². The van der Waals surface area contributed by atoms with Crippen LogP contribution in [-0.4, -0.2) is 0 Å². The number of hydrogen-bond donors (Lipinski definition) is 0. The molecule has 3 aliphatic carbocycles. The topological polar surface area (TPSA) is 0 Å². The van der Waals surface area contributed by atoms with Crippen LogP contribution in [0.15, 0.2) is 12.1 Å². The Hall–Kier alpha value is 2.53. The van der Waals surface area contributed by atoms with Crippen molar-refractivity contribution in [2.45, 2.75) is 130 Å². The molecule has 4 rings (SSSR count). The molecule has 0 heterocycles. The molecule has 3 saturated carbocycles. The molecule has 0 aliphatic heterocycles. The van der Waals surface area contributed by atoms with E-state index >= 15 is 0 Å². The molecule has 3 fully saturated rings. The summed E-state index contributed by atoms with van der Waals surface area (Å²) in [6.45, 7) is 9.06. The van der Waals surface area contributed by atoms with Gasteiger partial charge in [-0.3, -0.25) is 0 Å². The Kier molecular flexibility index (Phi) is 22.0. The maximum Gasteiger partial charge on any atom is 0 e.